The topological polar surface area (TPSA) is 90.5 Å². The molecule has 0 aliphatic rings. The number of hydrogen-bond acceptors (Lipinski definition) is 5. The predicted octanol–water partition coefficient (Wildman–Crippen LogP) is 1.50. The molecule has 8 nitrogen and oxygen atoms in total. The van der Waals surface area contributed by atoms with Gasteiger partial charge in [0.1, 0.15) is 6.33 Å². The fourth-order valence-corrected chi connectivity index (χ4v) is 2.19. The zero-order chi connectivity index (χ0) is 16.2. The first-order valence-corrected chi connectivity index (χ1v) is 7.25. The summed E-state index contributed by atoms with van der Waals surface area (Å²) < 4.78 is 3.53. The lowest BCUT2D eigenvalue weighted by molar-refractivity contribution is -0.116. The van der Waals surface area contributed by atoms with Crippen LogP contribution in [0.25, 0.3) is 5.69 Å². The molecule has 0 bridgehead atoms. The van der Waals surface area contributed by atoms with Gasteiger partial charge in [-0.15, -0.1) is 5.10 Å². The van der Waals surface area contributed by atoms with Crippen molar-refractivity contribution in [1.29, 1.82) is 0 Å². The van der Waals surface area contributed by atoms with E-state index in [0.29, 0.717) is 13.0 Å². The summed E-state index contributed by atoms with van der Waals surface area (Å²) in [5.74, 6) is -0.0806. The molecular weight excluding hydrogens is 294 g/mol. The maximum atomic E-state index is 11.9. The number of nitrogens with one attached hydrogen (secondary N) is 1. The molecule has 0 fully saturated rings. The molecule has 118 valence electrons. The summed E-state index contributed by atoms with van der Waals surface area (Å²) in [6.45, 7) is 4.45. The van der Waals surface area contributed by atoms with Crippen LogP contribution in [0.5, 0.6) is 0 Å². The van der Waals surface area contributed by atoms with Crippen LogP contribution in [0.3, 0.4) is 0 Å². The third-order valence-corrected chi connectivity index (χ3v) is 3.64. The minimum Gasteiger partial charge on any atom is -0.326 e. The van der Waals surface area contributed by atoms with Crippen molar-refractivity contribution in [3.63, 3.8) is 0 Å². The molecule has 0 aliphatic carbocycles. The van der Waals surface area contributed by atoms with Gasteiger partial charge in [0.05, 0.1) is 18.6 Å². The van der Waals surface area contributed by atoms with E-state index in [1.165, 1.54) is 11.0 Å². The summed E-state index contributed by atoms with van der Waals surface area (Å²) in [5.41, 5.74) is 3.87. The number of benzene rings is 1. The van der Waals surface area contributed by atoms with Gasteiger partial charge in [0.25, 0.3) is 0 Å². The highest BCUT2D eigenvalue weighted by Crippen LogP contribution is 2.16. The van der Waals surface area contributed by atoms with E-state index in [1.807, 2.05) is 42.7 Å². The van der Waals surface area contributed by atoms with Crippen molar-refractivity contribution in [2.45, 2.75) is 26.8 Å². The van der Waals surface area contributed by atoms with E-state index in [2.05, 4.69) is 25.8 Å². The standard InChI is InChI=1S/C15H17N7O/c1-11-12(2)22(9-16-11)14-5-3-13(4-6-14)18-15(23)7-8-21-10-17-19-20-21/h3-6,9-10H,7-8H2,1-2H3,(H,18,23). The van der Waals surface area contributed by atoms with E-state index in [1.54, 1.807) is 6.33 Å². The van der Waals surface area contributed by atoms with E-state index in [-0.39, 0.29) is 5.91 Å². The monoisotopic (exact) mass is 311 g/mol. The average molecular weight is 311 g/mol. The minimum absolute atomic E-state index is 0.0806. The number of imidazole rings is 1. The van der Waals surface area contributed by atoms with Gasteiger partial charge in [0.2, 0.25) is 5.91 Å². The van der Waals surface area contributed by atoms with Crippen LogP contribution >= 0.6 is 0 Å². The van der Waals surface area contributed by atoms with E-state index in [0.717, 1.165) is 22.8 Å². The summed E-state index contributed by atoms with van der Waals surface area (Å²) >= 11 is 0. The molecule has 2 heterocycles. The normalized spacial score (nSPS) is 10.7. The Morgan fingerprint density at radius 1 is 1.17 bits per heavy atom. The van der Waals surface area contributed by atoms with E-state index >= 15 is 0 Å². The first-order chi connectivity index (χ1) is 11.1. The second-order valence-corrected chi connectivity index (χ2v) is 5.20. The Morgan fingerprint density at radius 3 is 2.57 bits per heavy atom. The van der Waals surface area contributed by atoms with Crippen LogP contribution < -0.4 is 5.32 Å². The molecule has 0 atom stereocenters. The molecule has 8 heteroatoms. The van der Waals surface area contributed by atoms with E-state index in [4.69, 9.17) is 0 Å². The Bertz CT molecular complexity index is 790. The van der Waals surface area contributed by atoms with Crippen molar-refractivity contribution in [3.8, 4) is 5.69 Å². The number of carbonyl (C=O) groups excluding carboxylic acids is 1. The van der Waals surface area contributed by atoms with Gasteiger partial charge in [0, 0.05) is 23.5 Å². The fraction of sp³-hybridized carbons (Fsp3) is 0.267. The van der Waals surface area contributed by atoms with Crippen LogP contribution in [0, 0.1) is 13.8 Å². The van der Waals surface area contributed by atoms with Gasteiger partial charge < -0.3 is 9.88 Å². The zero-order valence-electron chi connectivity index (χ0n) is 13.0. The van der Waals surface area contributed by atoms with Gasteiger partial charge in [-0.05, 0) is 48.5 Å². The largest absolute Gasteiger partial charge is 0.326 e. The van der Waals surface area contributed by atoms with Gasteiger partial charge in [0.15, 0.2) is 0 Å². The molecule has 2 aromatic heterocycles. The smallest absolute Gasteiger partial charge is 0.226 e. The maximum Gasteiger partial charge on any atom is 0.226 e. The zero-order valence-corrected chi connectivity index (χ0v) is 13.0. The van der Waals surface area contributed by atoms with Crippen LogP contribution in [0.2, 0.25) is 0 Å². The SMILES string of the molecule is Cc1ncn(-c2ccc(NC(=O)CCn3cnnn3)cc2)c1C. The molecule has 0 saturated heterocycles. The number of amides is 1. The van der Waals surface area contributed by atoms with Crippen LogP contribution in [0.4, 0.5) is 5.69 Å². The third-order valence-electron chi connectivity index (χ3n) is 3.64. The quantitative estimate of drug-likeness (QED) is 0.771. The number of hydrogen-bond donors (Lipinski definition) is 1. The minimum atomic E-state index is -0.0806. The molecule has 1 amide bonds. The molecule has 3 aromatic rings. The summed E-state index contributed by atoms with van der Waals surface area (Å²) in [4.78, 5) is 16.2. The Hall–Kier alpha value is -3.03. The van der Waals surface area contributed by atoms with E-state index < -0.39 is 0 Å². The summed E-state index contributed by atoms with van der Waals surface area (Å²) in [6.07, 6.45) is 3.59. The lowest BCUT2D eigenvalue weighted by atomic mass is 10.2. The number of aromatic nitrogens is 6. The second-order valence-electron chi connectivity index (χ2n) is 5.20. The van der Waals surface area contributed by atoms with Crippen molar-refractivity contribution in [2.24, 2.45) is 0 Å². The lowest BCUT2D eigenvalue weighted by Crippen LogP contribution is -2.14. The molecule has 0 radical (unpaired) electrons. The Morgan fingerprint density at radius 2 is 1.96 bits per heavy atom. The number of anilines is 1. The number of carbonyl (C=O) groups is 1. The first-order valence-electron chi connectivity index (χ1n) is 7.25. The van der Waals surface area contributed by atoms with Gasteiger partial charge in [-0.3, -0.25) is 4.79 Å². The van der Waals surface area contributed by atoms with Crippen molar-refractivity contribution in [1.82, 2.24) is 29.8 Å². The molecule has 23 heavy (non-hydrogen) atoms. The molecule has 1 N–H and O–H groups in total. The number of tetrazole rings is 1. The highest BCUT2D eigenvalue weighted by molar-refractivity contribution is 5.90. The van der Waals surface area contributed by atoms with Gasteiger partial charge in [-0.1, -0.05) is 0 Å². The molecule has 3 rings (SSSR count). The molecular formula is C15H17N7O. The number of aryl methyl sites for hydroxylation is 2. The number of nitrogens with zero attached hydrogens (tertiary/aromatic N) is 6. The Labute approximate surface area is 133 Å². The fourth-order valence-electron chi connectivity index (χ4n) is 2.19. The molecule has 1 aromatic carbocycles. The molecule has 0 unspecified atom stereocenters. The van der Waals surface area contributed by atoms with Crippen LogP contribution in [0.1, 0.15) is 17.8 Å². The van der Waals surface area contributed by atoms with Gasteiger partial charge in [-0.25, -0.2) is 9.67 Å². The Kier molecular flexibility index (Phi) is 4.13. The average Bonchev–Trinajstić information content (AvgIpc) is 3.18. The Balaban J connectivity index is 1.61. The summed E-state index contributed by atoms with van der Waals surface area (Å²) in [7, 11) is 0. The number of rotatable bonds is 5. The van der Waals surface area contributed by atoms with Crippen molar-refractivity contribution < 1.29 is 4.79 Å². The third kappa shape index (κ3) is 3.42. The highest BCUT2D eigenvalue weighted by atomic mass is 16.1. The van der Waals surface area contributed by atoms with Crippen molar-refractivity contribution in [2.75, 3.05) is 5.32 Å². The predicted molar refractivity (Wildman–Crippen MR) is 84.1 cm³/mol. The molecule has 0 spiro atoms. The van der Waals surface area contributed by atoms with Crippen LogP contribution in [-0.4, -0.2) is 35.7 Å². The summed E-state index contributed by atoms with van der Waals surface area (Å²) in [6, 6.07) is 7.65. The van der Waals surface area contributed by atoms with Crippen molar-refractivity contribution in [3.05, 3.63) is 48.3 Å². The van der Waals surface area contributed by atoms with Crippen LogP contribution in [-0.2, 0) is 11.3 Å². The van der Waals surface area contributed by atoms with E-state index in [9.17, 15) is 4.79 Å². The maximum absolute atomic E-state index is 11.9. The van der Waals surface area contributed by atoms with Crippen LogP contribution in [0.15, 0.2) is 36.9 Å². The van der Waals surface area contributed by atoms with Crippen molar-refractivity contribution >= 4 is 11.6 Å². The lowest BCUT2D eigenvalue weighted by Gasteiger charge is -2.08. The highest BCUT2D eigenvalue weighted by Gasteiger charge is 2.06. The second kappa shape index (κ2) is 6.39. The summed E-state index contributed by atoms with van der Waals surface area (Å²) in [5, 5.41) is 13.6. The van der Waals surface area contributed by atoms with Gasteiger partial charge in [-0.2, -0.15) is 0 Å². The van der Waals surface area contributed by atoms with Gasteiger partial charge >= 0.3 is 0 Å². The first kappa shape index (κ1) is 14.9. The molecule has 0 saturated carbocycles. The molecule has 0 aliphatic heterocycles.